The maximum atomic E-state index is 11.6. The fraction of sp³-hybridized carbons (Fsp3) is 0.562. The number of rotatable bonds is 5. The zero-order chi connectivity index (χ0) is 14.0. The zero-order valence-electron chi connectivity index (χ0n) is 12.4. The minimum Gasteiger partial charge on any atom is -0.462 e. The van der Waals surface area contributed by atoms with Crippen molar-refractivity contribution in [3.8, 4) is 0 Å². The number of carbonyl (C=O) groups excluding carboxylic acids is 1. The molecule has 2 nitrogen and oxygen atoms in total. The lowest BCUT2D eigenvalue weighted by molar-refractivity contribution is 0.0526. The van der Waals surface area contributed by atoms with Crippen molar-refractivity contribution in [1.29, 1.82) is 0 Å². The Labute approximate surface area is 111 Å². The van der Waals surface area contributed by atoms with Crippen LogP contribution in [-0.4, -0.2) is 12.6 Å². The van der Waals surface area contributed by atoms with Gasteiger partial charge in [0.25, 0.3) is 0 Å². The van der Waals surface area contributed by atoms with Crippen LogP contribution < -0.4 is 0 Å². The highest BCUT2D eigenvalue weighted by Crippen LogP contribution is 2.14. The highest BCUT2D eigenvalue weighted by molar-refractivity contribution is 5.89. The number of benzene rings is 1. The predicted octanol–water partition coefficient (Wildman–Crippen LogP) is 4.54. The van der Waals surface area contributed by atoms with Gasteiger partial charge < -0.3 is 4.74 Å². The normalized spacial score (nSPS) is 9.39. The van der Waals surface area contributed by atoms with Crippen LogP contribution in [0.3, 0.4) is 0 Å². The van der Waals surface area contributed by atoms with E-state index >= 15 is 0 Å². The van der Waals surface area contributed by atoms with Crippen molar-refractivity contribution in [2.24, 2.45) is 0 Å². The number of aryl methyl sites for hydroxylation is 2. The van der Waals surface area contributed by atoms with E-state index in [-0.39, 0.29) is 5.97 Å². The van der Waals surface area contributed by atoms with E-state index in [1.54, 1.807) is 0 Å². The summed E-state index contributed by atoms with van der Waals surface area (Å²) in [5, 5.41) is 0. The van der Waals surface area contributed by atoms with E-state index in [1.165, 1.54) is 17.5 Å². The van der Waals surface area contributed by atoms with Crippen LogP contribution in [0.15, 0.2) is 18.2 Å². The Hall–Kier alpha value is -1.31. The number of hydrogen-bond acceptors (Lipinski definition) is 2. The van der Waals surface area contributed by atoms with Gasteiger partial charge in [-0.1, -0.05) is 33.3 Å². The third-order valence-corrected chi connectivity index (χ3v) is 2.66. The monoisotopic (exact) mass is 250 g/mol. The van der Waals surface area contributed by atoms with Crippen LogP contribution in [0.5, 0.6) is 0 Å². The molecule has 0 amide bonds. The van der Waals surface area contributed by atoms with Crippen LogP contribution >= 0.6 is 0 Å². The summed E-state index contributed by atoms with van der Waals surface area (Å²) in [7, 11) is 0. The molecule has 0 aromatic heterocycles. The molecule has 0 N–H and O–H groups in total. The summed E-state index contributed by atoms with van der Waals surface area (Å²) in [4.78, 5) is 11.6. The molecule has 0 bridgehead atoms. The third-order valence-electron chi connectivity index (χ3n) is 2.66. The van der Waals surface area contributed by atoms with Gasteiger partial charge in [-0.2, -0.15) is 0 Å². The molecule has 0 spiro atoms. The topological polar surface area (TPSA) is 26.3 Å². The first-order chi connectivity index (χ1) is 8.69. The van der Waals surface area contributed by atoms with Crippen LogP contribution in [0.2, 0.25) is 0 Å². The summed E-state index contributed by atoms with van der Waals surface area (Å²) in [5.41, 5.74) is 3.17. The highest BCUT2D eigenvalue weighted by atomic mass is 16.5. The van der Waals surface area contributed by atoms with Crippen molar-refractivity contribution in [3.05, 3.63) is 34.9 Å². The maximum Gasteiger partial charge on any atom is 0.338 e. The molecule has 0 fully saturated rings. The lowest BCUT2D eigenvalue weighted by Gasteiger charge is -2.08. The number of hydrogen-bond donors (Lipinski definition) is 0. The molecule has 0 aliphatic heterocycles. The van der Waals surface area contributed by atoms with Crippen molar-refractivity contribution in [3.63, 3.8) is 0 Å². The summed E-state index contributed by atoms with van der Waals surface area (Å²) in [6.45, 7) is 10.5. The number of esters is 1. The highest BCUT2D eigenvalue weighted by Gasteiger charge is 2.08. The van der Waals surface area contributed by atoms with Crippen molar-refractivity contribution in [2.45, 2.75) is 53.9 Å². The number of ether oxygens (including phenoxy) is 1. The molecule has 1 rings (SSSR count). The minimum absolute atomic E-state index is 0.222. The Balaban J connectivity index is 0.00000137. The average Bonchev–Trinajstić information content (AvgIpc) is 2.40. The number of unbranched alkanes of at least 4 members (excludes halogenated alkanes) is 1. The fourth-order valence-electron chi connectivity index (χ4n) is 1.65. The zero-order valence-corrected chi connectivity index (χ0v) is 12.4. The van der Waals surface area contributed by atoms with Gasteiger partial charge in [0.15, 0.2) is 0 Å². The van der Waals surface area contributed by atoms with Crippen molar-refractivity contribution in [2.75, 3.05) is 6.61 Å². The Morgan fingerprint density at radius 1 is 1.22 bits per heavy atom. The molecule has 18 heavy (non-hydrogen) atoms. The molecule has 0 unspecified atom stereocenters. The standard InChI is InChI=1S/C14H20O2.C2H6/c1-4-6-7-12-10-13(9-8-11(12)3)14(15)16-5-2;1-2/h8-10H,4-7H2,1-3H3;1-2H3. The van der Waals surface area contributed by atoms with E-state index in [0.717, 1.165) is 12.8 Å². The van der Waals surface area contributed by atoms with E-state index < -0.39 is 0 Å². The van der Waals surface area contributed by atoms with Crippen LogP contribution in [0.25, 0.3) is 0 Å². The van der Waals surface area contributed by atoms with Gasteiger partial charge in [-0.3, -0.25) is 0 Å². The molecule has 0 aliphatic carbocycles. The number of carbonyl (C=O) groups is 1. The van der Waals surface area contributed by atoms with E-state index in [1.807, 2.05) is 39.0 Å². The smallest absolute Gasteiger partial charge is 0.338 e. The molecular formula is C16H26O2. The minimum atomic E-state index is -0.222. The summed E-state index contributed by atoms with van der Waals surface area (Å²) in [6, 6.07) is 5.79. The maximum absolute atomic E-state index is 11.6. The molecule has 0 saturated carbocycles. The Kier molecular flexibility index (Phi) is 8.99. The van der Waals surface area contributed by atoms with Crippen LogP contribution in [0.1, 0.15) is 62.0 Å². The summed E-state index contributed by atoms with van der Waals surface area (Å²) < 4.78 is 4.99. The van der Waals surface area contributed by atoms with E-state index in [9.17, 15) is 4.79 Å². The molecule has 0 heterocycles. The summed E-state index contributed by atoms with van der Waals surface area (Å²) in [6.07, 6.45) is 3.37. The lowest BCUT2D eigenvalue weighted by atomic mass is 10.0. The second-order valence-corrected chi connectivity index (χ2v) is 3.97. The van der Waals surface area contributed by atoms with Crippen molar-refractivity contribution >= 4 is 5.97 Å². The Morgan fingerprint density at radius 2 is 1.89 bits per heavy atom. The van der Waals surface area contributed by atoms with Gasteiger partial charge in [0.1, 0.15) is 0 Å². The van der Waals surface area contributed by atoms with Crippen molar-refractivity contribution in [1.82, 2.24) is 0 Å². The average molecular weight is 250 g/mol. The van der Waals surface area contributed by atoms with Gasteiger partial charge in [0.05, 0.1) is 12.2 Å². The predicted molar refractivity (Wildman–Crippen MR) is 77.1 cm³/mol. The molecule has 2 heteroatoms. The molecule has 0 atom stereocenters. The molecule has 0 radical (unpaired) electrons. The van der Waals surface area contributed by atoms with Crippen molar-refractivity contribution < 1.29 is 9.53 Å². The Morgan fingerprint density at radius 3 is 2.44 bits per heavy atom. The fourth-order valence-corrected chi connectivity index (χ4v) is 1.65. The van der Waals surface area contributed by atoms with Gasteiger partial charge in [-0.05, 0) is 49.9 Å². The second kappa shape index (κ2) is 9.69. The molecule has 1 aromatic rings. The molecule has 1 aromatic carbocycles. The van der Waals surface area contributed by atoms with Gasteiger partial charge in [0, 0.05) is 0 Å². The lowest BCUT2D eigenvalue weighted by Crippen LogP contribution is -2.05. The van der Waals surface area contributed by atoms with Gasteiger partial charge in [0.2, 0.25) is 0 Å². The van der Waals surface area contributed by atoms with E-state index in [0.29, 0.717) is 12.2 Å². The van der Waals surface area contributed by atoms with E-state index in [4.69, 9.17) is 4.74 Å². The first-order valence-electron chi connectivity index (χ1n) is 6.95. The summed E-state index contributed by atoms with van der Waals surface area (Å²) >= 11 is 0. The molecule has 0 aliphatic rings. The van der Waals surface area contributed by atoms with Gasteiger partial charge in [-0.15, -0.1) is 0 Å². The van der Waals surface area contributed by atoms with E-state index in [2.05, 4.69) is 13.8 Å². The van der Waals surface area contributed by atoms with Gasteiger partial charge in [-0.25, -0.2) is 4.79 Å². The quantitative estimate of drug-likeness (QED) is 0.717. The third kappa shape index (κ3) is 5.35. The Bertz CT molecular complexity index is 356. The molecule has 102 valence electrons. The summed E-state index contributed by atoms with van der Waals surface area (Å²) in [5.74, 6) is -0.222. The van der Waals surface area contributed by atoms with Crippen LogP contribution in [0, 0.1) is 6.92 Å². The van der Waals surface area contributed by atoms with Crippen LogP contribution in [-0.2, 0) is 11.2 Å². The first kappa shape index (κ1) is 16.7. The SMILES string of the molecule is CC.CCCCc1cc(C(=O)OCC)ccc1C. The van der Waals surface area contributed by atoms with Crippen LogP contribution in [0.4, 0.5) is 0 Å². The second-order valence-electron chi connectivity index (χ2n) is 3.97. The van der Waals surface area contributed by atoms with Gasteiger partial charge >= 0.3 is 5.97 Å². The molecular weight excluding hydrogens is 224 g/mol. The molecule has 0 saturated heterocycles. The largest absolute Gasteiger partial charge is 0.462 e. The first-order valence-corrected chi connectivity index (χ1v) is 6.95.